The quantitative estimate of drug-likeness (QED) is 0.581. The van der Waals surface area contributed by atoms with E-state index in [0.29, 0.717) is 6.61 Å². The highest BCUT2D eigenvalue weighted by Gasteiger charge is 2.53. The molecular formula is C11H12O3. The third-order valence-corrected chi connectivity index (χ3v) is 3.14. The fourth-order valence-electron chi connectivity index (χ4n) is 2.31. The molecular weight excluding hydrogens is 180 g/mol. The van der Waals surface area contributed by atoms with E-state index >= 15 is 0 Å². The van der Waals surface area contributed by atoms with Crippen LogP contribution in [-0.2, 0) is 14.3 Å². The fraction of sp³-hybridized carbons (Fsp3) is 0.545. The molecule has 14 heavy (non-hydrogen) atoms. The maximum absolute atomic E-state index is 11.2. The Balaban J connectivity index is 2.06. The molecule has 0 N–H and O–H groups in total. The van der Waals surface area contributed by atoms with Crippen molar-refractivity contribution in [3.63, 3.8) is 0 Å². The summed E-state index contributed by atoms with van der Waals surface area (Å²) in [7, 11) is 0. The minimum atomic E-state index is -0.707. The van der Waals surface area contributed by atoms with Crippen molar-refractivity contribution in [2.75, 3.05) is 6.61 Å². The molecule has 3 aliphatic rings. The summed E-state index contributed by atoms with van der Waals surface area (Å²) in [6, 6.07) is 0. The number of ketones is 1. The number of carbonyl (C=O) groups excluding carboxylic acids is 1. The Morgan fingerprint density at radius 2 is 2.36 bits per heavy atom. The second-order valence-electron chi connectivity index (χ2n) is 4.41. The van der Waals surface area contributed by atoms with Crippen molar-refractivity contribution in [2.45, 2.75) is 31.2 Å². The molecule has 74 valence electrons. The van der Waals surface area contributed by atoms with Crippen LogP contribution >= 0.6 is 0 Å². The molecule has 1 spiro atoms. The van der Waals surface area contributed by atoms with Crippen LogP contribution in [0, 0.1) is 0 Å². The Morgan fingerprint density at radius 1 is 1.50 bits per heavy atom. The summed E-state index contributed by atoms with van der Waals surface area (Å²) in [5.74, 6) is -0.672. The normalized spacial score (nSPS) is 44.9. The third kappa shape index (κ3) is 0.967. The van der Waals surface area contributed by atoms with E-state index in [-0.39, 0.29) is 11.4 Å². The molecule has 2 saturated heterocycles. The van der Waals surface area contributed by atoms with E-state index in [1.165, 1.54) is 6.08 Å². The van der Waals surface area contributed by atoms with Gasteiger partial charge in [0, 0.05) is 0 Å². The molecule has 2 heterocycles. The van der Waals surface area contributed by atoms with Gasteiger partial charge in [-0.1, -0.05) is 0 Å². The molecule has 3 rings (SSSR count). The molecule has 2 atom stereocenters. The average Bonchev–Trinajstić information content (AvgIpc) is 2.42. The fourth-order valence-corrected chi connectivity index (χ4v) is 2.31. The van der Waals surface area contributed by atoms with Crippen molar-refractivity contribution < 1.29 is 14.3 Å². The molecule has 1 aliphatic carbocycles. The maximum Gasteiger partial charge on any atom is 0.212 e. The molecule has 0 aromatic rings. The molecule has 3 nitrogen and oxygen atoms in total. The summed E-state index contributed by atoms with van der Waals surface area (Å²) in [5.41, 5.74) is 0.808. The SMILES string of the molecule is C[C@]12CCC3=CC(=O)C=C[C@@]3(OC1)O2. The topological polar surface area (TPSA) is 35.5 Å². The minimum absolute atomic E-state index is 0.0355. The lowest BCUT2D eigenvalue weighted by Crippen LogP contribution is -2.41. The van der Waals surface area contributed by atoms with E-state index in [4.69, 9.17) is 9.47 Å². The van der Waals surface area contributed by atoms with Crippen molar-refractivity contribution in [1.82, 2.24) is 0 Å². The van der Waals surface area contributed by atoms with Gasteiger partial charge in [-0.05, 0) is 43.6 Å². The number of ether oxygens (including phenoxy) is 2. The molecule has 0 aromatic heterocycles. The van der Waals surface area contributed by atoms with Crippen LogP contribution in [0.5, 0.6) is 0 Å². The van der Waals surface area contributed by atoms with Crippen LogP contribution in [0.25, 0.3) is 0 Å². The third-order valence-electron chi connectivity index (χ3n) is 3.14. The van der Waals surface area contributed by atoms with Gasteiger partial charge in [0.25, 0.3) is 0 Å². The van der Waals surface area contributed by atoms with Crippen LogP contribution in [0.15, 0.2) is 23.8 Å². The van der Waals surface area contributed by atoms with Gasteiger partial charge in [-0.15, -0.1) is 0 Å². The van der Waals surface area contributed by atoms with E-state index < -0.39 is 5.79 Å². The standard InChI is InChI=1S/C11H12O3/c1-10-4-2-8-6-9(12)3-5-11(8,14-10)13-7-10/h3,5-6H,2,4,7H2,1H3/t10-,11+/m0/s1. The smallest absolute Gasteiger partial charge is 0.212 e. The van der Waals surface area contributed by atoms with Crippen molar-refractivity contribution in [3.8, 4) is 0 Å². The summed E-state index contributed by atoms with van der Waals surface area (Å²) >= 11 is 0. The van der Waals surface area contributed by atoms with Gasteiger partial charge in [0.1, 0.15) is 0 Å². The van der Waals surface area contributed by atoms with E-state index in [9.17, 15) is 4.79 Å². The van der Waals surface area contributed by atoms with Crippen molar-refractivity contribution in [3.05, 3.63) is 23.8 Å². The summed E-state index contributed by atoms with van der Waals surface area (Å²) in [5, 5.41) is 0. The van der Waals surface area contributed by atoms with Gasteiger partial charge < -0.3 is 9.47 Å². The zero-order valence-corrected chi connectivity index (χ0v) is 8.08. The number of hydrogen-bond acceptors (Lipinski definition) is 3. The molecule has 2 fully saturated rings. The van der Waals surface area contributed by atoms with Gasteiger partial charge in [0.15, 0.2) is 5.78 Å². The summed E-state index contributed by atoms with van der Waals surface area (Å²) in [6.45, 7) is 2.67. The van der Waals surface area contributed by atoms with Crippen LogP contribution in [0.1, 0.15) is 19.8 Å². The molecule has 0 amide bonds. The number of fused-ring (bicyclic) bond motifs is 1. The lowest BCUT2D eigenvalue weighted by atomic mass is 9.88. The predicted octanol–water partition coefficient (Wildman–Crippen LogP) is 1.35. The molecule has 2 bridgehead atoms. The first kappa shape index (κ1) is 8.38. The van der Waals surface area contributed by atoms with Crippen LogP contribution in [0.3, 0.4) is 0 Å². The van der Waals surface area contributed by atoms with E-state index in [1.807, 2.05) is 0 Å². The monoisotopic (exact) mass is 192 g/mol. The largest absolute Gasteiger partial charge is 0.340 e. The summed E-state index contributed by atoms with van der Waals surface area (Å²) in [6.07, 6.45) is 6.74. The predicted molar refractivity (Wildman–Crippen MR) is 49.6 cm³/mol. The maximum atomic E-state index is 11.2. The average molecular weight is 192 g/mol. The highest BCUT2D eigenvalue weighted by atomic mass is 16.8. The number of hydrogen-bond donors (Lipinski definition) is 0. The van der Waals surface area contributed by atoms with Gasteiger partial charge in [-0.3, -0.25) is 4.79 Å². The Kier molecular flexibility index (Phi) is 1.41. The summed E-state index contributed by atoms with van der Waals surface area (Å²) < 4.78 is 11.6. The first-order valence-electron chi connectivity index (χ1n) is 4.90. The zero-order chi connectivity index (χ0) is 9.81. The molecule has 0 unspecified atom stereocenters. The lowest BCUT2D eigenvalue weighted by Gasteiger charge is -2.37. The van der Waals surface area contributed by atoms with Crippen LogP contribution in [0.4, 0.5) is 0 Å². The Hall–Kier alpha value is -0.930. The van der Waals surface area contributed by atoms with E-state index in [2.05, 4.69) is 6.92 Å². The van der Waals surface area contributed by atoms with E-state index in [1.54, 1.807) is 12.2 Å². The molecule has 0 saturated carbocycles. The van der Waals surface area contributed by atoms with Gasteiger partial charge in [0.2, 0.25) is 5.79 Å². The van der Waals surface area contributed by atoms with Crippen LogP contribution < -0.4 is 0 Å². The Bertz CT molecular complexity index is 369. The zero-order valence-electron chi connectivity index (χ0n) is 8.08. The van der Waals surface area contributed by atoms with Crippen molar-refractivity contribution >= 4 is 5.78 Å². The summed E-state index contributed by atoms with van der Waals surface area (Å²) in [4.78, 5) is 11.2. The molecule has 0 aromatic carbocycles. The molecule has 3 heteroatoms. The molecule has 0 radical (unpaired) electrons. The number of allylic oxidation sites excluding steroid dienone is 2. The Morgan fingerprint density at radius 3 is 3.21 bits per heavy atom. The first-order valence-corrected chi connectivity index (χ1v) is 4.90. The number of rotatable bonds is 0. The van der Waals surface area contributed by atoms with Gasteiger partial charge >= 0.3 is 0 Å². The Labute approximate surface area is 82.4 Å². The van der Waals surface area contributed by atoms with Crippen LogP contribution in [0.2, 0.25) is 0 Å². The van der Waals surface area contributed by atoms with Gasteiger partial charge in [-0.25, -0.2) is 0 Å². The van der Waals surface area contributed by atoms with Crippen molar-refractivity contribution in [1.29, 1.82) is 0 Å². The molecule has 2 aliphatic heterocycles. The van der Waals surface area contributed by atoms with Crippen LogP contribution in [-0.4, -0.2) is 23.8 Å². The first-order chi connectivity index (χ1) is 6.62. The van der Waals surface area contributed by atoms with E-state index in [0.717, 1.165) is 18.4 Å². The van der Waals surface area contributed by atoms with Crippen molar-refractivity contribution in [2.24, 2.45) is 0 Å². The second-order valence-corrected chi connectivity index (χ2v) is 4.41. The van der Waals surface area contributed by atoms with Gasteiger partial charge in [0.05, 0.1) is 12.2 Å². The highest BCUT2D eigenvalue weighted by molar-refractivity contribution is 6.01. The number of carbonyl (C=O) groups is 1. The highest BCUT2D eigenvalue weighted by Crippen LogP contribution is 2.47. The second kappa shape index (κ2) is 2.35. The van der Waals surface area contributed by atoms with Gasteiger partial charge in [-0.2, -0.15) is 0 Å². The minimum Gasteiger partial charge on any atom is -0.340 e. The lowest BCUT2D eigenvalue weighted by molar-refractivity contribution is -0.142.